The van der Waals surface area contributed by atoms with Crippen LogP contribution in [0, 0.1) is 12.8 Å². The van der Waals surface area contributed by atoms with Crippen molar-refractivity contribution in [1.29, 1.82) is 0 Å². The predicted octanol–water partition coefficient (Wildman–Crippen LogP) is 5.49. The Kier molecular flexibility index (Phi) is 5.83. The number of anilines is 2. The molecule has 32 heavy (non-hydrogen) atoms. The van der Waals surface area contributed by atoms with Gasteiger partial charge in [-0.3, -0.25) is 9.59 Å². The third-order valence-corrected chi connectivity index (χ3v) is 7.62. The summed E-state index contributed by atoms with van der Waals surface area (Å²) in [4.78, 5) is 29.5. The Hall–Kier alpha value is -2.93. The highest BCUT2D eigenvalue weighted by molar-refractivity contribution is 7.10. The first kappa shape index (κ1) is 20.9. The number of benzene rings is 1. The Morgan fingerprint density at radius 3 is 2.59 bits per heavy atom. The van der Waals surface area contributed by atoms with Crippen molar-refractivity contribution in [2.75, 3.05) is 10.2 Å². The zero-order valence-electron chi connectivity index (χ0n) is 18.2. The highest BCUT2D eigenvalue weighted by atomic mass is 32.1. The van der Waals surface area contributed by atoms with Gasteiger partial charge in [0.2, 0.25) is 11.8 Å². The SMILES string of the molecule is Cc1ccc(N2C(=O)CC[C@H](C(=O)Nc3ccnn3C3CCCC3)[C@H]2c2cccs2)cc1. The minimum absolute atomic E-state index is 0.0484. The van der Waals surface area contributed by atoms with E-state index < -0.39 is 0 Å². The van der Waals surface area contributed by atoms with E-state index in [-0.39, 0.29) is 23.8 Å². The van der Waals surface area contributed by atoms with Gasteiger partial charge in [0.25, 0.3) is 0 Å². The van der Waals surface area contributed by atoms with Gasteiger partial charge >= 0.3 is 0 Å². The van der Waals surface area contributed by atoms with E-state index in [4.69, 9.17) is 0 Å². The molecule has 3 heterocycles. The summed E-state index contributed by atoms with van der Waals surface area (Å²) in [6.07, 6.45) is 7.25. The van der Waals surface area contributed by atoms with Gasteiger partial charge in [0.15, 0.2) is 0 Å². The second kappa shape index (κ2) is 8.90. The van der Waals surface area contributed by atoms with Gasteiger partial charge in [-0.1, -0.05) is 36.6 Å². The van der Waals surface area contributed by atoms with Crippen LogP contribution in [-0.2, 0) is 9.59 Å². The van der Waals surface area contributed by atoms with Crippen LogP contribution in [0.2, 0.25) is 0 Å². The van der Waals surface area contributed by atoms with Crippen LogP contribution in [0.15, 0.2) is 54.0 Å². The number of aryl methyl sites for hydroxylation is 1. The maximum atomic E-state index is 13.6. The molecule has 1 saturated heterocycles. The van der Waals surface area contributed by atoms with Crippen molar-refractivity contribution in [2.24, 2.45) is 5.92 Å². The molecule has 2 aliphatic rings. The molecule has 0 spiro atoms. The van der Waals surface area contributed by atoms with Crippen LogP contribution >= 0.6 is 11.3 Å². The first-order chi connectivity index (χ1) is 15.6. The van der Waals surface area contributed by atoms with Gasteiger partial charge in [0.05, 0.1) is 24.2 Å². The molecule has 1 aliphatic carbocycles. The first-order valence-corrected chi connectivity index (χ1v) is 12.3. The maximum absolute atomic E-state index is 13.6. The van der Waals surface area contributed by atoms with Crippen molar-refractivity contribution in [1.82, 2.24) is 9.78 Å². The van der Waals surface area contributed by atoms with Crippen molar-refractivity contribution in [2.45, 2.75) is 57.5 Å². The van der Waals surface area contributed by atoms with Crippen LogP contribution in [0.3, 0.4) is 0 Å². The van der Waals surface area contributed by atoms with E-state index in [1.54, 1.807) is 17.5 Å². The Labute approximate surface area is 192 Å². The lowest BCUT2D eigenvalue weighted by atomic mass is 9.86. The van der Waals surface area contributed by atoms with Gasteiger partial charge in [0, 0.05) is 23.1 Å². The number of aromatic nitrogens is 2. The zero-order valence-corrected chi connectivity index (χ0v) is 19.1. The monoisotopic (exact) mass is 448 g/mol. The number of nitrogens with one attached hydrogen (secondary N) is 1. The number of carbonyl (C=O) groups excluding carboxylic acids is 2. The fourth-order valence-electron chi connectivity index (χ4n) is 5.03. The summed E-state index contributed by atoms with van der Waals surface area (Å²) >= 11 is 1.59. The van der Waals surface area contributed by atoms with E-state index in [9.17, 15) is 9.59 Å². The zero-order chi connectivity index (χ0) is 22.1. The van der Waals surface area contributed by atoms with Crippen LogP contribution in [0.5, 0.6) is 0 Å². The second-order valence-corrected chi connectivity index (χ2v) is 9.77. The second-order valence-electron chi connectivity index (χ2n) is 8.79. The Balaban J connectivity index is 1.46. The fraction of sp³-hybridized carbons (Fsp3) is 0.400. The number of amides is 2. The molecule has 2 fully saturated rings. The van der Waals surface area contributed by atoms with Gasteiger partial charge in [-0.15, -0.1) is 11.3 Å². The highest BCUT2D eigenvalue weighted by Gasteiger charge is 2.42. The van der Waals surface area contributed by atoms with Gasteiger partial charge in [-0.05, 0) is 49.8 Å². The molecule has 0 bridgehead atoms. The van der Waals surface area contributed by atoms with Crippen LogP contribution in [0.25, 0.3) is 0 Å². The molecule has 2 atom stereocenters. The summed E-state index contributed by atoms with van der Waals surface area (Å²) in [5.41, 5.74) is 1.98. The van der Waals surface area contributed by atoms with Crippen molar-refractivity contribution >= 4 is 34.7 Å². The third kappa shape index (κ3) is 3.97. The summed E-state index contributed by atoms with van der Waals surface area (Å²) in [5.74, 6) is 0.435. The maximum Gasteiger partial charge on any atom is 0.231 e. The number of carbonyl (C=O) groups is 2. The molecular formula is C25H28N4O2S. The molecular weight excluding hydrogens is 420 g/mol. The van der Waals surface area contributed by atoms with Gasteiger partial charge < -0.3 is 10.2 Å². The molecule has 1 aliphatic heterocycles. The smallest absolute Gasteiger partial charge is 0.231 e. The normalized spacial score (nSPS) is 21.8. The minimum atomic E-state index is -0.334. The van der Waals surface area contributed by atoms with Gasteiger partial charge in [-0.25, -0.2) is 4.68 Å². The molecule has 166 valence electrons. The molecule has 2 aromatic heterocycles. The average molecular weight is 449 g/mol. The lowest BCUT2D eigenvalue weighted by Crippen LogP contribution is -2.46. The van der Waals surface area contributed by atoms with Crippen LogP contribution in [-0.4, -0.2) is 21.6 Å². The van der Waals surface area contributed by atoms with Gasteiger partial charge in [0.1, 0.15) is 5.82 Å². The Morgan fingerprint density at radius 1 is 1.09 bits per heavy atom. The number of hydrogen-bond donors (Lipinski definition) is 1. The summed E-state index contributed by atoms with van der Waals surface area (Å²) in [7, 11) is 0. The van der Waals surface area contributed by atoms with E-state index >= 15 is 0 Å². The summed E-state index contributed by atoms with van der Waals surface area (Å²) in [5, 5.41) is 9.65. The number of hydrogen-bond acceptors (Lipinski definition) is 4. The largest absolute Gasteiger partial charge is 0.311 e. The number of thiophene rings is 1. The summed E-state index contributed by atoms with van der Waals surface area (Å²) in [6, 6.07) is 13.9. The van der Waals surface area contributed by atoms with Crippen LogP contribution in [0.4, 0.5) is 11.5 Å². The quantitative estimate of drug-likeness (QED) is 0.561. The molecule has 1 saturated carbocycles. The van der Waals surface area contributed by atoms with Crippen LogP contribution in [0.1, 0.15) is 61.0 Å². The fourth-order valence-corrected chi connectivity index (χ4v) is 5.91. The molecule has 6 nitrogen and oxygen atoms in total. The van der Waals surface area contributed by atoms with Crippen molar-refractivity contribution in [3.05, 3.63) is 64.5 Å². The first-order valence-electron chi connectivity index (χ1n) is 11.4. The van der Waals surface area contributed by atoms with Crippen LogP contribution < -0.4 is 10.2 Å². The number of piperidine rings is 1. The van der Waals surface area contributed by atoms with Crippen molar-refractivity contribution in [3.63, 3.8) is 0 Å². The van der Waals surface area contributed by atoms with Crippen molar-refractivity contribution < 1.29 is 9.59 Å². The summed E-state index contributed by atoms with van der Waals surface area (Å²) < 4.78 is 1.97. The molecule has 7 heteroatoms. The van der Waals surface area contributed by atoms with E-state index in [0.29, 0.717) is 18.9 Å². The average Bonchev–Trinajstić information content (AvgIpc) is 3.56. The van der Waals surface area contributed by atoms with E-state index in [0.717, 1.165) is 34.8 Å². The Morgan fingerprint density at radius 2 is 1.88 bits per heavy atom. The molecule has 0 radical (unpaired) electrons. The Bertz CT molecular complexity index is 1080. The lowest BCUT2D eigenvalue weighted by Gasteiger charge is -2.40. The summed E-state index contributed by atoms with van der Waals surface area (Å²) in [6.45, 7) is 2.03. The molecule has 3 aromatic rings. The van der Waals surface area contributed by atoms with E-state index in [2.05, 4.69) is 10.4 Å². The van der Waals surface area contributed by atoms with E-state index in [1.165, 1.54) is 12.8 Å². The molecule has 2 amide bonds. The minimum Gasteiger partial charge on any atom is -0.311 e. The number of rotatable bonds is 5. The highest BCUT2D eigenvalue weighted by Crippen LogP contribution is 2.42. The molecule has 0 unspecified atom stereocenters. The molecule has 1 aromatic carbocycles. The lowest BCUT2D eigenvalue weighted by molar-refractivity contribution is -0.125. The topological polar surface area (TPSA) is 67.2 Å². The molecule has 5 rings (SSSR count). The molecule has 1 N–H and O–H groups in total. The standard InChI is InChI=1S/C25H28N4O2S/c1-17-8-10-18(11-9-17)28-23(30)13-12-20(24(28)21-7-4-16-32-21)25(31)27-22-14-15-26-29(22)19-5-2-3-6-19/h4,7-11,14-16,19-20,24H,2-3,5-6,12-13H2,1H3,(H,27,31)/t20-,24-/m0/s1. The number of nitrogens with zero attached hydrogens (tertiary/aromatic N) is 3. The van der Waals surface area contributed by atoms with Crippen molar-refractivity contribution in [3.8, 4) is 0 Å². The van der Waals surface area contributed by atoms with Gasteiger partial charge in [-0.2, -0.15) is 5.10 Å². The van der Waals surface area contributed by atoms with E-state index in [1.807, 2.05) is 64.4 Å². The predicted molar refractivity (Wildman–Crippen MR) is 127 cm³/mol. The third-order valence-electron chi connectivity index (χ3n) is 6.67.